The average molecular weight is 423 g/mol. The Morgan fingerprint density at radius 1 is 1.29 bits per heavy atom. The predicted octanol–water partition coefficient (Wildman–Crippen LogP) is 3.48. The summed E-state index contributed by atoms with van der Waals surface area (Å²) >= 11 is 11.9. The van der Waals surface area contributed by atoms with Crippen LogP contribution in [0.1, 0.15) is 18.4 Å². The molecule has 3 rings (SSSR count). The van der Waals surface area contributed by atoms with Gasteiger partial charge in [0.15, 0.2) is 17.3 Å². The molecule has 2 aromatic heterocycles. The first-order valence-electron chi connectivity index (χ1n) is 8.61. The van der Waals surface area contributed by atoms with Crippen molar-refractivity contribution in [3.05, 3.63) is 52.9 Å². The largest absolute Gasteiger partial charge is 0.508 e. The number of nitrogens with one attached hydrogen (secondary N) is 1. The smallest absolute Gasteiger partial charge is 0.226 e. The van der Waals surface area contributed by atoms with Crippen molar-refractivity contribution in [2.45, 2.75) is 25.9 Å². The molecule has 0 bridgehead atoms. The second-order valence-electron chi connectivity index (χ2n) is 6.06. The lowest BCUT2D eigenvalue weighted by Crippen LogP contribution is -2.15. The first-order chi connectivity index (χ1) is 13.5. The maximum absolute atomic E-state index is 9.82. The van der Waals surface area contributed by atoms with Crippen molar-refractivity contribution in [1.29, 1.82) is 0 Å². The molecule has 28 heavy (non-hydrogen) atoms. The van der Waals surface area contributed by atoms with E-state index in [1.54, 1.807) is 24.5 Å². The lowest BCUT2D eigenvalue weighted by molar-refractivity contribution is 0.184. The molecule has 3 aromatic rings. The standard InChI is InChI=1S/C18H20Cl2N6O2/c1-11(22-9-12-13(19)5-4-6-14(12)27)28-8-3-2-7-26-10-23-15-16(21)24-18(20)25-17(15)26/h4-6,10,22,27H,1-3,7-9H2,(H2,21,24,25). The molecular formula is C18H20Cl2N6O2. The maximum atomic E-state index is 9.82. The molecule has 0 saturated heterocycles. The number of imidazole rings is 1. The van der Waals surface area contributed by atoms with Crippen molar-refractivity contribution in [3.63, 3.8) is 0 Å². The van der Waals surface area contributed by atoms with Crippen molar-refractivity contribution in [1.82, 2.24) is 24.8 Å². The van der Waals surface area contributed by atoms with Crippen molar-refractivity contribution in [2.24, 2.45) is 0 Å². The Hall–Kier alpha value is -2.71. The molecule has 0 fully saturated rings. The lowest BCUT2D eigenvalue weighted by atomic mass is 10.2. The highest BCUT2D eigenvalue weighted by Crippen LogP contribution is 2.25. The fourth-order valence-electron chi connectivity index (χ4n) is 2.64. The summed E-state index contributed by atoms with van der Waals surface area (Å²) in [5.41, 5.74) is 7.55. The quantitative estimate of drug-likeness (QED) is 0.275. The third-order valence-corrected chi connectivity index (χ3v) is 4.61. The molecule has 8 nitrogen and oxygen atoms in total. The summed E-state index contributed by atoms with van der Waals surface area (Å²) in [7, 11) is 0. The second kappa shape index (κ2) is 8.99. The van der Waals surface area contributed by atoms with Crippen LogP contribution in [0.25, 0.3) is 11.2 Å². The van der Waals surface area contributed by atoms with Gasteiger partial charge in [-0.3, -0.25) is 0 Å². The van der Waals surface area contributed by atoms with E-state index in [1.165, 1.54) is 0 Å². The summed E-state index contributed by atoms with van der Waals surface area (Å²) in [4.78, 5) is 12.3. The number of halogens is 2. The van der Waals surface area contributed by atoms with Crippen LogP contribution in [-0.4, -0.2) is 31.2 Å². The van der Waals surface area contributed by atoms with E-state index in [-0.39, 0.29) is 16.9 Å². The van der Waals surface area contributed by atoms with E-state index in [2.05, 4.69) is 26.8 Å². The molecule has 0 radical (unpaired) electrons. The third-order valence-electron chi connectivity index (χ3n) is 4.09. The number of aromatic hydroxyl groups is 1. The van der Waals surface area contributed by atoms with Crippen LogP contribution in [0.2, 0.25) is 10.3 Å². The van der Waals surface area contributed by atoms with E-state index >= 15 is 0 Å². The molecule has 1 aromatic carbocycles. The molecule has 148 valence electrons. The fourth-order valence-corrected chi connectivity index (χ4v) is 3.05. The molecule has 0 aliphatic carbocycles. The number of ether oxygens (including phenoxy) is 1. The predicted molar refractivity (Wildman–Crippen MR) is 109 cm³/mol. The number of hydrogen-bond acceptors (Lipinski definition) is 7. The zero-order chi connectivity index (χ0) is 20.1. The van der Waals surface area contributed by atoms with Gasteiger partial charge in [0.05, 0.1) is 12.9 Å². The van der Waals surface area contributed by atoms with Gasteiger partial charge in [-0.15, -0.1) is 0 Å². The zero-order valence-corrected chi connectivity index (χ0v) is 16.5. The number of aryl methyl sites for hydroxylation is 1. The maximum Gasteiger partial charge on any atom is 0.226 e. The van der Waals surface area contributed by atoms with E-state index in [1.807, 2.05) is 4.57 Å². The van der Waals surface area contributed by atoms with E-state index in [4.69, 9.17) is 33.7 Å². The van der Waals surface area contributed by atoms with Gasteiger partial charge < -0.3 is 25.5 Å². The molecule has 0 amide bonds. The Bertz CT molecular complexity index is 971. The number of nitrogens with two attached hydrogens (primary N) is 1. The van der Waals surface area contributed by atoms with Crippen LogP contribution in [0.3, 0.4) is 0 Å². The van der Waals surface area contributed by atoms with Crippen molar-refractivity contribution < 1.29 is 9.84 Å². The van der Waals surface area contributed by atoms with Crippen LogP contribution in [-0.2, 0) is 17.8 Å². The fraction of sp³-hybridized carbons (Fsp3) is 0.278. The Balaban J connectivity index is 1.41. The molecule has 0 aliphatic heterocycles. The van der Waals surface area contributed by atoms with E-state index in [0.717, 1.165) is 12.8 Å². The van der Waals surface area contributed by atoms with E-state index in [0.29, 0.717) is 47.3 Å². The summed E-state index contributed by atoms with van der Waals surface area (Å²) < 4.78 is 7.45. The highest BCUT2D eigenvalue weighted by molar-refractivity contribution is 6.31. The number of fused-ring (bicyclic) bond motifs is 1. The van der Waals surface area contributed by atoms with Gasteiger partial charge in [-0.2, -0.15) is 9.97 Å². The summed E-state index contributed by atoms with van der Waals surface area (Å²) in [6, 6.07) is 4.98. The topological polar surface area (TPSA) is 111 Å². The van der Waals surface area contributed by atoms with Gasteiger partial charge in [0.25, 0.3) is 0 Å². The first-order valence-corrected chi connectivity index (χ1v) is 9.37. The van der Waals surface area contributed by atoms with Gasteiger partial charge in [-0.1, -0.05) is 17.7 Å². The van der Waals surface area contributed by atoms with Crippen LogP contribution >= 0.6 is 23.2 Å². The Labute approximate surface area is 172 Å². The molecule has 2 heterocycles. The molecule has 0 aliphatic rings. The summed E-state index contributed by atoms with van der Waals surface area (Å²) in [5.74, 6) is 0.814. The molecule has 0 unspecified atom stereocenters. The van der Waals surface area contributed by atoms with Crippen molar-refractivity contribution in [3.8, 4) is 5.75 Å². The van der Waals surface area contributed by atoms with Crippen LogP contribution < -0.4 is 11.1 Å². The average Bonchev–Trinajstić information content (AvgIpc) is 3.04. The van der Waals surface area contributed by atoms with Gasteiger partial charge in [0.1, 0.15) is 11.3 Å². The minimum atomic E-state index is 0.0991. The number of phenols is 1. The molecule has 0 atom stereocenters. The number of nitrogen functional groups attached to an aromatic ring is 1. The molecule has 4 N–H and O–H groups in total. The molecule has 0 saturated carbocycles. The third kappa shape index (κ3) is 4.76. The Kier molecular flexibility index (Phi) is 6.43. The summed E-state index contributed by atoms with van der Waals surface area (Å²) in [6.07, 6.45) is 3.31. The Morgan fingerprint density at radius 3 is 2.89 bits per heavy atom. The SMILES string of the molecule is C=C(NCc1c(O)cccc1Cl)OCCCCn1cnc2c(N)nc(Cl)nc21. The first kappa shape index (κ1) is 20.0. The normalized spacial score (nSPS) is 10.9. The zero-order valence-electron chi connectivity index (χ0n) is 15.0. The van der Waals surface area contributed by atoms with Crippen molar-refractivity contribution >= 4 is 40.2 Å². The van der Waals surface area contributed by atoms with Gasteiger partial charge in [-0.05, 0) is 43.2 Å². The highest BCUT2D eigenvalue weighted by atomic mass is 35.5. The van der Waals surface area contributed by atoms with Gasteiger partial charge in [-0.25, -0.2) is 4.98 Å². The molecular weight excluding hydrogens is 403 g/mol. The minimum Gasteiger partial charge on any atom is -0.508 e. The monoisotopic (exact) mass is 422 g/mol. The van der Waals surface area contributed by atoms with Gasteiger partial charge in [0.2, 0.25) is 5.28 Å². The molecule has 10 heteroatoms. The number of anilines is 1. The van der Waals surface area contributed by atoms with Crippen LogP contribution in [0.15, 0.2) is 37.0 Å². The number of benzene rings is 1. The highest BCUT2D eigenvalue weighted by Gasteiger charge is 2.10. The number of aromatic nitrogens is 4. The number of nitrogens with zero attached hydrogens (tertiary/aromatic N) is 4. The van der Waals surface area contributed by atoms with E-state index in [9.17, 15) is 5.11 Å². The number of unbranched alkanes of at least 4 members (excludes halogenated alkanes) is 1. The summed E-state index contributed by atoms with van der Waals surface area (Å²) in [5, 5.41) is 13.4. The van der Waals surface area contributed by atoms with Crippen LogP contribution in [0, 0.1) is 0 Å². The van der Waals surface area contributed by atoms with Gasteiger partial charge in [0, 0.05) is 23.7 Å². The van der Waals surface area contributed by atoms with E-state index < -0.39 is 0 Å². The van der Waals surface area contributed by atoms with Crippen LogP contribution in [0.4, 0.5) is 5.82 Å². The Morgan fingerprint density at radius 2 is 2.11 bits per heavy atom. The van der Waals surface area contributed by atoms with Crippen LogP contribution in [0.5, 0.6) is 5.75 Å². The number of phenolic OH excluding ortho intramolecular Hbond substituents is 1. The number of rotatable bonds is 9. The van der Waals surface area contributed by atoms with Gasteiger partial charge >= 0.3 is 0 Å². The summed E-state index contributed by atoms with van der Waals surface area (Å²) in [6.45, 7) is 5.33. The lowest BCUT2D eigenvalue weighted by Gasteiger charge is -2.13. The number of hydrogen-bond donors (Lipinski definition) is 3. The molecule has 0 spiro atoms. The van der Waals surface area contributed by atoms with Crippen molar-refractivity contribution in [2.75, 3.05) is 12.3 Å². The minimum absolute atomic E-state index is 0.0991. The second-order valence-corrected chi connectivity index (χ2v) is 6.80.